The Morgan fingerprint density at radius 2 is 1.83 bits per heavy atom. The van der Waals surface area contributed by atoms with E-state index in [1.165, 1.54) is 6.92 Å². The van der Waals surface area contributed by atoms with Gasteiger partial charge in [0.25, 0.3) is 10.1 Å². The molecule has 18 heavy (non-hydrogen) atoms. The zero-order valence-electron chi connectivity index (χ0n) is 9.19. The molecule has 0 aromatic heterocycles. The summed E-state index contributed by atoms with van der Waals surface area (Å²) in [4.78, 5) is 0. The van der Waals surface area contributed by atoms with Crippen LogP contribution in [0.5, 0.6) is 0 Å². The maximum Gasteiger partial charge on any atom is 0.276 e. The van der Waals surface area contributed by atoms with Gasteiger partial charge in [-0.1, -0.05) is 47.5 Å². The molecule has 2 rings (SSSR count). The molecule has 3 nitrogen and oxygen atoms in total. The Morgan fingerprint density at radius 1 is 1.28 bits per heavy atom. The Hall–Kier alpha value is -0.260. The summed E-state index contributed by atoms with van der Waals surface area (Å²) in [5, 5.41) is -0.929. The second-order valence-electron chi connectivity index (χ2n) is 4.15. The maximum absolute atomic E-state index is 11.7. The fourth-order valence-electron chi connectivity index (χ4n) is 2.00. The van der Waals surface area contributed by atoms with Crippen LogP contribution in [0.4, 0.5) is 0 Å². The molecule has 0 amide bonds. The van der Waals surface area contributed by atoms with Gasteiger partial charge in [0.2, 0.25) is 0 Å². The van der Waals surface area contributed by atoms with Crippen molar-refractivity contribution in [1.82, 2.24) is 0 Å². The summed E-state index contributed by atoms with van der Waals surface area (Å²) in [5.74, 6) is 0. The monoisotopic (exact) mass is 326 g/mol. The van der Waals surface area contributed by atoms with Crippen LogP contribution in [-0.4, -0.2) is 18.3 Å². The second kappa shape index (κ2) is 4.39. The largest absolute Gasteiger partial charge is 0.285 e. The van der Waals surface area contributed by atoms with Gasteiger partial charge in [-0.3, -0.25) is 4.55 Å². The van der Waals surface area contributed by atoms with E-state index in [4.69, 9.17) is 34.8 Å². The number of fused-ring (bicyclic) bond motifs is 1. The zero-order valence-corrected chi connectivity index (χ0v) is 12.3. The molecule has 0 spiro atoms. The first-order valence-corrected chi connectivity index (χ1v) is 7.60. The lowest BCUT2D eigenvalue weighted by atomic mass is 9.87. The molecule has 1 aromatic rings. The number of hydrogen-bond donors (Lipinski definition) is 1. The van der Waals surface area contributed by atoms with Gasteiger partial charge in [0.05, 0.1) is 15.4 Å². The zero-order chi connectivity index (χ0) is 13.7. The van der Waals surface area contributed by atoms with E-state index < -0.39 is 20.2 Å². The Bertz CT molecular complexity index is 639. The number of hydrogen-bond acceptors (Lipinski definition) is 2. The summed E-state index contributed by atoms with van der Waals surface area (Å²) in [7, 11) is -4.45. The summed E-state index contributed by atoms with van der Waals surface area (Å²) >= 11 is 18.1. The van der Waals surface area contributed by atoms with E-state index >= 15 is 0 Å². The van der Waals surface area contributed by atoms with Crippen LogP contribution in [0.3, 0.4) is 0 Å². The van der Waals surface area contributed by atoms with Crippen molar-refractivity contribution >= 4 is 50.0 Å². The van der Waals surface area contributed by atoms with Crippen molar-refractivity contribution in [2.75, 3.05) is 0 Å². The van der Waals surface area contributed by atoms with E-state index in [9.17, 15) is 13.0 Å². The lowest BCUT2D eigenvalue weighted by molar-refractivity contribution is 0.436. The molecule has 1 N–H and O–H groups in total. The number of alkyl halides is 1. The molecule has 7 heteroatoms. The normalized spacial score (nSPS) is 28.2. The Balaban J connectivity index is 2.88. The standard InChI is InChI=1S/C11H9Cl3O3S/c1-11(18(15,16)17)7-5-3-2-4-6(7)8(12)9(13)10(11)14/h2-5,10H,1H3,(H,15,16,17). The van der Waals surface area contributed by atoms with Gasteiger partial charge in [-0.15, -0.1) is 11.6 Å². The molecule has 2 atom stereocenters. The first kappa shape index (κ1) is 14.2. The lowest BCUT2D eigenvalue weighted by Crippen LogP contribution is -2.43. The van der Waals surface area contributed by atoms with E-state index in [0.29, 0.717) is 11.1 Å². The third-order valence-corrected chi connectivity index (χ3v) is 6.48. The van der Waals surface area contributed by atoms with Crippen molar-refractivity contribution in [1.29, 1.82) is 0 Å². The van der Waals surface area contributed by atoms with Gasteiger partial charge in [-0.25, -0.2) is 0 Å². The molecular formula is C11H9Cl3O3S. The van der Waals surface area contributed by atoms with Crippen molar-refractivity contribution in [3.63, 3.8) is 0 Å². The predicted molar refractivity (Wildman–Crippen MR) is 73.6 cm³/mol. The number of benzene rings is 1. The molecule has 1 aromatic carbocycles. The van der Waals surface area contributed by atoms with Crippen molar-refractivity contribution in [3.8, 4) is 0 Å². The number of halogens is 3. The van der Waals surface area contributed by atoms with Crippen LogP contribution in [0.15, 0.2) is 29.3 Å². The molecule has 0 radical (unpaired) electrons. The summed E-state index contributed by atoms with van der Waals surface area (Å²) in [6.45, 7) is 1.32. The van der Waals surface area contributed by atoms with E-state index in [1.54, 1.807) is 24.3 Å². The van der Waals surface area contributed by atoms with Crippen LogP contribution in [0.1, 0.15) is 18.1 Å². The van der Waals surface area contributed by atoms with Crippen molar-refractivity contribution in [2.45, 2.75) is 17.0 Å². The molecule has 0 aliphatic heterocycles. The molecule has 0 saturated heterocycles. The molecule has 98 valence electrons. The molecule has 0 heterocycles. The van der Waals surface area contributed by atoms with E-state index in [1.807, 2.05) is 0 Å². The highest BCUT2D eigenvalue weighted by molar-refractivity contribution is 7.87. The molecule has 0 fully saturated rings. The van der Waals surface area contributed by atoms with Gasteiger partial charge < -0.3 is 0 Å². The minimum atomic E-state index is -4.45. The van der Waals surface area contributed by atoms with Crippen LogP contribution in [0, 0.1) is 0 Å². The average molecular weight is 328 g/mol. The van der Waals surface area contributed by atoms with E-state index in [2.05, 4.69) is 0 Å². The van der Waals surface area contributed by atoms with Gasteiger partial charge in [0.15, 0.2) is 0 Å². The van der Waals surface area contributed by atoms with Crippen LogP contribution in [-0.2, 0) is 14.9 Å². The highest BCUT2D eigenvalue weighted by Crippen LogP contribution is 2.50. The average Bonchev–Trinajstić information content (AvgIpc) is 2.32. The fraction of sp³-hybridized carbons (Fsp3) is 0.273. The smallest absolute Gasteiger partial charge is 0.276 e. The quantitative estimate of drug-likeness (QED) is 0.634. The minimum Gasteiger partial charge on any atom is -0.285 e. The van der Waals surface area contributed by atoms with Crippen molar-refractivity contribution in [2.24, 2.45) is 0 Å². The first-order chi connectivity index (χ1) is 8.21. The van der Waals surface area contributed by atoms with E-state index in [0.717, 1.165) is 0 Å². The molecule has 0 bridgehead atoms. The SMILES string of the molecule is CC1(S(=O)(=O)O)c2ccccc2C(Cl)=C(Cl)C1Cl. The highest BCUT2D eigenvalue weighted by Gasteiger charge is 2.52. The van der Waals surface area contributed by atoms with Crippen LogP contribution >= 0.6 is 34.8 Å². The van der Waals surface area contributed by atoms with Gasteiger partial charge in [0.1, 0.15) is 4.75 Å². The van der Waals surface area contributed by atoms with Crippen LogP contribution < -0.4 is 0 Å². The Kier molecular flexibility index (Phi) is 3.45. The Morgan fingerprint density at radius 3 is 2.39 bits per heavy atom. The van der Waals surface area contributed by atoms with Crippen LogP contribution in [0.25, 0.3) is 5.03 Å². The Labute approximate surface area is 120 Å². The molecule has 0 saturated carbocycles. The van der Waals surface area contributed by atoms with Gasteiger partial charge in [-0.05, 0) is 18.1 Å². The fourth-order valence-corrected chi connectivity index (χ4v) is 4.11. The van der Waals surface area contributed by atoms with Gasteiger partial charge in [0, 0.05) is 0 Å². The third-order valence-electron chi connectivity index (χ3n) is 3.15. The lowest BCUT2D eigenvalue weighted by Gasteiger charge is -2.36. The first-order valence-electron chi connectivity index (χ1n) is 4.97. The van der Waals surface area contributed by atoms with Gasteiger partial charge >= 0.3 is 0 Å². The topological polar surface area (TPSA) is 54.4 Å². The third kappa shape index (κ3) is 1.79. The van der Waals surface area contributed by atoms with E-state index in [-0.39, 0.29) is 10.1 Å². The highest BCUT2D eigenvalue weighted by atomic mass is 35.5. The van der Waals surface area contributed by atoms with Crippen molar-refractivity contribution < 1.29 is 13.0 Å². The van der Waals surface area contributed by atoms with Crippen molar-refractivity contribution in [3.05, 3.63) is 40.4 Å². The van der Waals surface area contributed by atoms with Gasteiger partial charge in [-0.2, -0.15) is 8.42 Å². The number of allylic oxidation sites excluding steroid dienone is 1. The summed E-state index contributed by atoms with van der Waals surface area (Å²) < 4.78 is 31.1. The molecule has 1 aliphatic rings. The number of rotatable bonds is 1. The summed E-state index contributed by atoms with van der Waals surface area (Å²) in [6, 6.07) is 6.54. The maximum atomic E-state index is 11.7. The van der Waals surface area contributed by atoms with Crippen LogP contribution in [0.2, 0.25) is 0 Å². The minimum absolute atomic E-state index is 0.0113. The predicted octanol–water partition coefficient (Wildman–Crippen LogP) is 3.56. The summed E-state index contributed by atoms with van der Waals surface area (Å²) in [6.07, 6.45) is 0. The molecular weight excluding hydrogens is 319 g/mol. The molecule has 2 unspecified atom stereocenters. The molecule has 1 aliphatic carbocycles. The second-order valence-corrected chi connectivity index (χ2v) is 7.17. The summed E-state index contributed by atoms with van der Waals surface area (Å²) in [5.41, 5.74) is 0.795.